The quantitative estimate of drug-likeness (QED) is 0.152. The fraction of sp³-hybridized carbons (Fsp3) is 1.00. The van der Waals surface area contributed by atoms with Crippen LogP contribution < -0.4 is 0 Å². The first-order chi connectivity index (χ1) is 15.2. The zero-order valence-electron chi connectivity index (χ0n) is 17.5. The number of thioether (sulfide) groups is 9. The van der Waals surface area contributed by atoms with E-state index in [9.17, 15) is 0 Å². The van der Waals surface area contributed by atoms with Gasteiger partial charge >= 0.3 is 0 Å². The second kappa shape index (κ2) is 17.7. The molecule has 0 radical (unpaired) electrons. The molecule has 0 saturated carbocycles. The largest absolute Gasteiger partial charge is 0.178 e. The lowest BCUT2D eigenvalue weighted by Gasteiger charge is -2.30. The average molecular weight is 647 g/mol. The van der Waals surface area contributed by atoms with Crippen LogP contribution in [0.4, 0.5) is 0 Å². The summed E-state index contributed by atoms with van der Waals surface area (Å²) >= 11 is 33.3. The first-order valence-corrected chi connectivity index (χ1v) is 21.9. The van der Waals surface area contributed by atoms with Crippen LogP contribution in [0.2, 0.25) is 0 Å². The molecule has 6 unspecified atom stereocenters. The molecule has 0 aliphatic carbocycles. The molecule has 12 heteroatoms. The lowest BCUT2D eigenvalue weighted by molar-refractivity contribution is 1.06. The van der Waals surface area contributed by atoms with Gasteiger partial charge in [-0.25, -0.2) is 0 Å². The Morgan fingerprint density at radius 3 is 0.968 bits per heavy atom. The number of hydrogen-bond donors (Lipinski definition) is 3. The molecule has 3 aliphatic heterocycles. The van der Waals surface area contributed by atoms with Gasteiger partial charge in [0.25, 0.3) is 0 Å². The van der Waals surface area contributed by atoms with Crippen molar-refractivity contribution < 1.29 is 0 Å². The predicted octanol–water partition coefficient (Wildman–Crippen LogP) is 6.91. The first-order valence-electron chi connectivity index (χ1n) is 10.6. The van der Waals surface area contributed by atoms with Gasteiger partial charge in [0.15, 0.2) is 0 Å². The molecule has 0 N–H and O–H groups in total. The highest BCUT2D eigenvalue weighted by Gasteiger charge is 2.27. The fourth-order valence-corrected chi connectivity index (χ4v) is 18.9. The lowest BCUT2D eigenvalue weighted by atomic mass is 10.5. The Kier molecular flexibility index (Phi) is 16.9. The van der Waals surface area contributed by atoms with E-state index in [-0.39, 0.29) is 0 Å². The summed E-state index contributed by atoms with van der Waals surface area (Å²) in [5.41, 5.74) is 0. The van der Waals surface area contributed by atoms with Crippen molar-refractivity contribution in [2.45, 2.75) is 35.4 Å². The van der Waals surface area contributed by atoms with E-state index in [1.165, 1.54) is 51.8 Å². The molecule has 3 rings (SSSR count). The maximum atomic E-state index is 4.50. The number of thiol groups is 3. The van der Waals surface area contributed by atoms with Crippen molar-refractivity contribution in [1.82, 2.24) is 0 Å². The summed E-state index contributed by atoms with van der Waals surface area (Å²) in [6.45, 7) is 0. The molecule has 182 valence electrons. The highest BCUT2D eigenvalue weighted by Crippen LogP contribution is 2.43. The van der Waals surface area contributed by atoms with Gasteiger partial charge < -0.3 is 0 Å². The van der Waals surface area contributed by atoms with Crippen LogP contribution in [0.1, 0.15) is 0 Å². The van der Waals surface area contributed by atoms with E-state index >= 15 is 0 Å². The van der Waals surface area contributed by atoms with Gasteiger partial charge in [0.2, 0.25) is 0 Å². The summed E-state index contributed by atoms with van der Waals surface area (Å²) in [5, 5.41) is 4.75. The summed E-state index contributed by atoms with van der Waals surface area (Å²) in [7, 11) is 0. The summed E-state index contributed by atoms with van der Waals surface area (Å²) in [6, 6.07) is 0. The van der Waals surface area contributed by atoms with Crippen LogP contribution in [0, 0.1) is 0 Å². The molecular formula is C19H34S12. The predicted molar refractivity (Wildman–Crippen MR) is 180 cm³/mol. The van der Waals surface area contributed by atoms with Crippen LogP contribution in [-0.2, 0) is 0 Å². The number of rotatable bonds is 12. The van der Waals surface area contributed by atoms with Gasteiger partial charge in [-0.05, 0) is 0 Å². The van der Waals surface area contributed by atoms with Crippen LogP contribution in [0.5, 0.6) is 0 Å². The number of hydrogen-bond acceptors (Lipinski definition) is 12. The zero-order valence-corrected chi connectivity index (χ0v) is 27.6. The third kappa shape index (κ3) is 11.6. The molecule has 31 heavy (non-hydrogen) atoms. The lowest BCUT2D eigenvalue weighted by Crippen LogP contribution is -2.26. The second-order valence-corrected chi connectivity index (χ2v) is 21.0. The van der Waals surface area contributed by atoms with Crippen LogP contribution in [0.15, 0.2) is 0 Å². The third-order valence-electron chi connectivity index (χ3n) is 4.97. The molecule has 3 aliphatic rings. The molecule has 0 nitrogen and oxygen atoms in total. The Morgan fingerprint density at radius 2 is 0.742 bits per heavy atom. The van der Waals surface area contributed by atoms with Crippen molar-refractivity contribution in [3.63, 3.8) is 0 Å². The van der Waals surface area contributed by atoms with Gasteiger partial charge in [-0.3, -0.25) is 0 Å². The molecule has 0 spiro atoms. The van der Waals surface area contributed by atoms with Gasteiger partial charge in [0.05, 0.1) is 3.91 Å². The monoisotopic (exact) mass is 646 g/mol. The van der Waals surface area contributed by atoms with Crippen molar-refractivity contribution >= 4 is 144 Å². The smallest absolute Gasteiger partial charge is 0.0957 e. The molecule has 3 fully saturated rings. The van der Waals surface area contributed by atoms with Crippen LogP contribution in [-0.4, -0.2) is 104 Å². The van der Waals surface area contributed by atoms with Gasteiger partial charge in [-0.15, -0.1) is 35.3 Å². The zero-order chi connectivity index (χ0) is 21.9. The highest BCUT2D eigenvalue weighted by atomic mass is 32.3. The van der Waals surface area contributed by atoms with Gasteiger partial charge in [0.1, 0.15) is 0 Å². The minimum atomic E-state index is 0.689. The summed E-state index contributed by atoms with van der Waals surface area (Å²) in [6.07, 6.45) is 0. The molecule has 6 atom stereocenters. The van der Waals surface area contributed by atoms with E-state index in [2.05, 4.69) is 144 Å². The average Bonchev–Trinajstić information content (AvgIpc) is 2.84. The molecule has 3 saturated heterocycles. The fourth-order valence-electron chi connectivity index (χ4n) is 3.06. The minimum Gasteiger partial charge on any atom is -0.178 e. The van der Waals surface area contributed by atoms with Crippen molar-refractivity contribution in [1.29, 1.82) is 0 Å². The topological polar surface area (TPSA) is 0 Å². The molecule has 0 amide bonds. The van der Waals surface area contributed by atoms with Crippen molar-refractivity contribution in [2.24, 2.45) is 0 Å². The van der Waals surface area contributed by atoms with Gasteiger partial charge in [-0.2, -0.15) is 108 Å². The van der Waals surface area contributed by atoms with Crippen molar-refractivity contribution in [2.75, 3.05) is 69.0 Å². The summed E-state index contributed by atoms with van der Waals surface area (Å²) in [5.74, 6) is 14.8. The van der Waals surface area contributed by atoms with E-state index < -0.39 is 0 Å². The van der Waals surface area contributed by atoms with Crippen LogP contribution in [0.25, 0.3) is 0 Å². The normalized spacial score (nSPS) is 35.7. The Hall–Kier alpha value is 4.20. The van der Waals surface area contributed by atoms with E-state index in [1.807, 2.05) is 0 Å². The summed E-state index contributed by atoms with van der Waals surface area (Å²) < 4.78 is 0.689. The maximum absolute atomic E-state index is 4.50. The first kappa shape index (κ1) is 29.8. The second-order valence-electron chi connectivity index (χ2n) is 7.57. The summed E-state index contributed by atoms with van der Waals surface area (Å²) in [4.78, 5) is 0. The van der Waals surface area contributed by atoms with E-state index in [1.54, 1.807) is 0 Å². The Balaban J connectivity index is 1.40. The SMILES string of the molecule is SCC1CSC(CSC(SCC2CSC(CS)CS2)SCC2CSC(CS)CS2)CS1. The molecule has 3 heterocycles. The minimum absolute atomic E-state index is 0.689. The third-order valence-corrected chi connectivity index (χ3v) is 22.4. The van der Waals surface area contributed by atoms with Crippen LogP contribution >= 0.6 is 144 Å². The van der Waals surface area contributed by atoms with E-state index in [0.29, 0.717) is 3.91 Å². The Labute approximate surface area is 245 Å². The molecule has 0 bridgehead atoms. The van der Waals surface area contributed by atoms with E-state index in [4.69, 9.17) is 0 Å². The Morgan fingerprint density at radius 1 is 0.484 bits per heavy atom. The van der Waals surface area contributed by atoms with E-state index in [0.717, 1.165) is 48.8 Å². The highest BCUT2D eigenvalue weighted by molar-refractivity contribution is 8.32. The molecule has 0 aromatic heterocycles. The molecular weight excluding hydrogens is 613 g/mol. The standard InChI is InChI=1S/C19H34S12/c20-1-13-4-26-16(7-23-13)10-29-19(30-11-17-8-24-14(2-21)5-27-17)31-12-18-9-25-15(3-22)6-28-18/h13-22H,1-12H2. The maximum Gasteiger partial charge on any atom is 0.0957 e. The van der Waals surface area contributed by atoms with Crippen molar-refractivity contribution in [3.05, 3.63) is 0 Å². The van der Waals surface area contributed by atoms with Crippen LogP contribution in [0.3, 0.4) is 0 Å². The molecule has 0 aromatic carbocycles. The Bertz CT molecular complexity index is 392. The molecule has 0 aromatic rings. The van der Waals surface area contributed by atoms with Gasteiger partial charge in [0, 0.05) is 101 Å². The van der Waals surface area contributed by atoms with Crippen molar-refractivity contribution in [3.8, 4) is 0 Å². The van der Waals surface area contributed by atoms with Gasteiger partial charge in [-0.1, -0.05) is 0 Å².